The predicted molar refractivity (Wildman–Crippen MR) is 86.1 cm³/mol. The van der Waals surface area contributed by atoms with Gasteiger partial charge in [-0.15, -0.1) is 0 Å². The van der Waals surface area contributed by atoms with Gasteiger partial charge in [0.2, 0.25) is 0 Å². The van der Waals surface area contributed by atoms with Gasteiger partial charge in [0.05, 0.1) is 11.7 Å². The van der Waals surface area contributed by atoms with Crippen molar-refractivity contribution in [2.45, 2.75) is 33.8 Å². The van der Waals surface area contributed by atoms with Crippen molar-refractivity contribution in [1.82, 2.24) is 0 Å². The number of anilines is 1. The molecule has 0 fully saturated rings. The van der Waals surface area contributed by atoms with Crippen molar-refractivity contribution in [3.8, 4) is 5.75 Å². The molecule has 0 bridgehead atoms. The third kappa shape index (κ3) is 3.85. The highest BCUT2D eigenvalue weighted by molar-refractivity contribution is 6.06. The average Bonchev–Trinajstić information content (AvgIpc) is 2.42. The summed E-state index contributed by atoms with van der Waals surface area (Å²) in [5, 5.41) is 2.95. The lowest BCUT2D eigenvalue weighted by Crippen LogP contribution is -2.16. The Morgan fingerprint density at radius 3 is 2.48 bits per heavy atom. The average molecular weight is 283 g/mol. The van der Waals surface area contributed by atoms with Gasteiger partial charge in [0, 0.05) is 5.69 Å². The normalized spacial score (nSPS) is 10.5. The fourth-order valence-electron chi connectivity index (χ4n) is 2.15. The van der Waals surface area contributed by atoms with Crippen LogP contribution in [0.5, 0.6) is 5.75 Å². The quantitative estimate of drug-likeness (QED) is 0.906. The van der Waals surface area contributed by atoms with Gasteiger partial charge in [-0.3, -0.25) is 4.79 Å². The first-order valence-electron chi connectivity index (χ1n) is 7.11. The summed E-state index contributed by atoms with van der Waals surface area (Å²) in [6, 6.07) is 13.3. The van der Waals surface area contributed by atoms with E-state index in [2.05, 4.69) is 5.32 Å². The van der Waals surface area contributed by atoms with Crippen molar-refractivity contribution >= 4 is 11.6 Å². The van der Waals surface area contributed by atoms with E-state index in [0.717, 1.165) is 11.3 Å². The maximum atomic E-state index is 12.5. The van der Waals surface area contributed by atoms with E-state index in [0.29, 0.717) is 11.3 Å². The van der Waals surface area contributed by atoms with Crippen LogP contribution in [0.1, 0.15) is 35.3 Å². The first kappa shape index (κ1) is 15.1. The van der Waals surface area contributed by atoms with Crippen LogP contribution in [0.15, 0.2) is 42.5 Å². The maximum absolute atomic E-state index is 12.5. The van der Waals surface area contributed by atoms with Crippen molar-refractivity contribution in [1.29, 1.82) is 0 Å². The van der Waals surface area contributed by atoms with Gasteiger partial charge >= 0.3 is 0 Å². The maximum Gasteiger partial charge on any atom is 0.259 e. The number of carbonyl (C=O) groups excluding carboxylic acids is 1. The number of amides is 1. The highest BCUT2D eigenvalue weighted by Crippen LogP contribution is 2.22. The third-order valence-electron chi connectivity index (χ3n) is 3.12. The minimum atomic E-state index is -0.154. The Morgan fingerprint density at radius 1 is 1.10 bits per heavy atom. The minimum absolute atomic E-state index is 0.0278. The molecule has 3 nitrogen and oxygen atoms in total. The van der Waals surface area contributed by atoms with E-state index in [1.807, 2.05) is 64.1 Å². The molecule has 0 saturated carbocycles. The molecule has 0 aliphatic heterocycles. The molecular formula is C18H21NO2. The van der Waals surface area contributed by atoms with Crippen LogP contribution in [0.25, 0.3) is 0 Å². The number of hydrogen-bond acceptors (Lipinski definition) is 2. The van der Waals surface area contributed by atoms with Crippen LogP contribution >= 0.6 is 0 Å². The summed E-state index contributed by atoms with van der Waals surface area (Å²) in [4.78, 5) is 12.5. The van der Waals surface area contributed by atoms with E-state index in [4.69, 9.17) is 4.74 Å². The van der Waals surface area contributed by atoms with Crippen LogP contribution in [0.2, 0.25) is 0 Å². The molecule has 0 atom stereocenters. The van der Waals surface area contributed by atoms with Crippen molar-refractivity contribution < 1.29 is 9.53 Å². The SMILES string of the molecule is Cc1ccc(NC(=O)c2ccccc2OC(C)C)c(C)c1. The number of rotatable bonds is 4. The molecule has 0 heterocycles. The van der Waals surface area contributed by atoms with Crippen molar-refractivity contribution in [2.24, 2.45) is 0 Å². The fraction of sp³-hybridized carbons (Fsp3) is 0.278. The lowest BCUT2D eigenvalue weighted by molar-refractivity contribution is 0.102. The fourth-order valence-corrected chi connectivity index (χ4v) is 2.15. The van der Waals surface area contributed by atoms with Gasteiger partial charge in [-0.25, -0.2) is 0 Å². The second-order valence-corrected chi connectivity index (χ2v) is 5.44. The second-order valence-electron chi connectivity index (χ2n) is 5.44. The summed E-state index contributed by atoms with van der Waals surface area (Å²) in [5.74, 6) is 0.452. The number of ether oxygens (including phenoxy) is 1. The van der Waals surface area contributed by atoms with Crippen LogP contribution in [-0.4, -0.2) is 12.0 Å². The summed E-state index contributed by atoms with van der Waals surface area (Å²) < 4.78 is 5.69. The Bertz CT molecular complexity index is 647. The molecule has 0 spiro atoms. The van der Waals surface area contributed by atoms with Crippen molar-refractivity contribution in [3.05, 3.63) is 59.2 Å². The van der Waals surface area contributed by atoms with Gasteiger partial charge in [-0.2, -0.15) is 0 Å². The topological polar surface area (TPSA) is 38.3 Å². The Kier molecular flexibility index (Phi) is 4.63. The number of benzene rings is 2. The highest BCUT2D eigenvalue weighted by atomic mass is 16.5. The highest BCUT2D eigenvalue weighted by Gasteiger charge is 2.14. The van der Waals surface area contributed by atoms with Gasteiger partial charge in [0.1, 0.15) is 5.75 Å². The molecule has 2 aromatic carbocycles. The lowest BCUT2D eigenvalue weighted by Gasteiger charge is -2.15. The van der Waals surface area contributed by atoms with Crippen LogP contribution in [0.3, 0.4) is 0 Å². The van der Waals surface area contributed by atoms with E-state index >= 15 is 0 Å². The Hall–Kier alpha value is -2.29. The third-order valence-corrected chi connectivity index (χ3v) is 3.12. The standard InChI is InChI=1S/C18H21NO2/c1-12(2)21-17-8-6-5-7-15(17)18(20)19-16-10-9-13(3)11-14(16)4/h5-12H,1-4H3,(H,19,20). The molecule has 2 aromatic rings. The van der Waals surface area contributed by atoms with Gasteiger partial charge in [0.25, 0.3) is 5.91 Å². The molecule has 2 rings (SSSR count). The summed E-state index contributed by atoms with van der Waals surface area (Å²) >= 11 is 0. The minimum Gasteiger partial charge on any atom is -0.490 e. The molecule has 0 aliphatic rings. The molecule has 0 radical (unpaired) electrons. The molecule has 0 unspecified atom stereocenters. The Labute approximate surface area is 126 Å². The number of aryl methyl sites for hydroxylation is 2. The Balaban J connectivity index is 2.24. The lowest BCUT2D eigenvalue weighted by atomic mass is 10.1. The van der Waals surface area contributed by atoms with E-state index in [1.165, 1.54) is 5.56 Å². The zero-order valence-electron chi connectivity index (χ0n) is 12.9. The van der Waals surface area contributed by atoms with Crippen molar-refractivity contribution in [3.63, 3.8) is 0 Å². The monoisotopic (exact) mass is 283 g/mol. The number of carbonyl (C=O) groups is 1. The molecular weight excluding hydrogens is 262 g/mol. The number of nitrogens with one attached hydrogen (secondary N) is 1. The second kappa shape index (κ2) is 6.44. The van der Waals surface area contributed by atoms with Crippen LogP contribution in [0.4, 0.5) is 5.69 Å². The summed E-state index contributed by atoms with van der Waals surface area (Å²) in [6.45, 7) is 7.90. The van der Waals surface area contributed by atoms with E-state index in [-0.39, 0.29) is 12.0 Å². The smallest absolute Gasteiger partial charge is 0.259 e. The first-order chi connectivity index (χ1) is 9.97. The molecule has 0 aliphatic carbocycles. The molecule has 21 heavy (non-hydrogen) atoms. The predicted octanol–water partition coefficient (Wildman–Crippen LogP) is 4.34. The van der Waals surface area contributed by atoms with Crippen LogP contribution < -0.4 is 10.1 Å². The summed E-state index contributed by atoms with van der Waals surface area (Å²) in [6.07, 6.45) is 0.0278. The molecule has 3 heteroatoms. The van der Waals surface area contributed by atoms with Gasteiger partial charge in [-0.05, 0) is 51.5 Å². The molecule has 0 aromatic heterocycles. The van der Waals surface area contributed by atoms with Gasteiger partial charge in [-0.1, -0.05) is 29.8 Å². The molecule has 1 N–H and O–H groups in total. The number of para-hydroxylation sites is 1. The van der Waals surface area contributed by atoms with Gasteiger partial charge < -0.3 is 10.1 Å². The molecule has 0 saturated heterocycles. The zero-order chi connectivity index (χ0) is 15.4. The summed E-state index contributed by atoms with van der Waals surface area (Å²) in [7, 11) is 0. The molecule has 1 amide bonds. The summed E-state index contributed by atoms with van der Waals surface area (Å²) in [5.41, 5.74) is 3.59. The van der Waals surface area contributed by atoms with Crippen LogP contribution in [-0.2, 0) is 0 Å². The van der Waals surface area contributed by atoms with Crippen LogP contribution in [0, 0.1) is 13.8 Å². The largest absolute Gasteiger partial charge is 0.490 e. The number of hydrogen-bond donors (Lipinski definition) is 1. The van der Waals surface area contributed by atoms with Gasteiger partial charge in [0.15, 0.2) is 0 Å². The molecule has 110 valence electrons. The first-order valence-corrected chi connectivity index (χ1v) is 7.11. The van der Waals surface area contributed by atoms with Crippen molar-refractivity contribution in [2.75, 3.05) is 5.32 Å². The Morgan fingerprint density at radius 2 is 1.81 bits per heavy atom. The van der Waals surface area contributed by atoms with E-state index in [1.54, 1.807) is 6.07 Å². The van der Waals surface area contributed by atoms with E-state index < -0.39 is 0 Å². The van der Waals surface area contributed by atoms with E-state index in [9.17, 15) is 4.79 Å². The zero-order valence-corrected chi connectivity index (χ0v) is 12.9.